The molecule has 1 amide bonds. The van der Waals surface area contributed by atoms with Crippen LogP contribution in [0, 0.1) is 0 Å². The fraction of sp³-hybridized carbons (Fsp3) is 0.935. The van der Waals surface area contributed by atoms with E-state index >= 15 is 0 Å². The zero-order chi connectivity index (χ0) is 43.0. The van der Waals surface area contributed by atoms with Crippen LogP contribution in [0.2, 0.25) is 0 Å². The second kappa shape index (κ2) is 39.6. The summed E-state index contributed by atoms with van der Waals surface area (Å²) in [6.07, 6.45) is 32.4. The molecular formula is C46H90NO10P. The summed E-state index contributed by atoms with van der Waals surface area (Å²) >= 11 is 0. The third-order valence-corrected chi connectivity index (χ3v) is 11.1. The number of hydrogen-bond donors (Lipinski definition) is 2. The maximum absolute atomic E-state index is 12.7. The third-order valence-electron chi connectivity index (χ3n) is 10.1. The number of phosphoric acid groups is 1. The maximum atomic E-state index is 12.7. The smallest absolute Gasteiger partial charge is 0.462 e. The van der Waals surface area contributed by atoms with Gasteiger partial charge in [-0.1, -0.05) is 168 Å². The molecule has 0 aromatic rings. The minimum Gasteiger partial charge on any atom is -0.462 e. The summed E-state index contributed by atoms with van der Waals surface area (Å²) in [5, 5.41) is 2.66. The molecule has 0 aromatic heterocycles. The lowest BCUT2D eigenvalue weighted by Crippen LogP contribution is -2.30. The highest BCUT2D eigenvalue weighted by molar-refractivity contribution is 7.47. The summed E-state index contributed by atoms with van der Waals surface area (Å²) in [4.78, 5) is 47.6. The lowest BCUT2D eigenvalue weighted by atomic mass is 10.0. The van der Waals surface area contributed by atoms with E-state index in [1.54, 1.807) is 0 Å². The Labute approximate surface area is 355 Å². The number of esters is 2. The summed E-state index contributed by atoms with van der Waals surface area (Å²) in [5.74, 6) is -1.06. The van der Waals surface area contributed by atoms with Crippen molar-refractivity contribution in [1.82, 2.24) is 5.32 Å². The molecule has 0 aliphatic heterocycles. The third kappa shape index (κ3) is 42.6. The molecule has 2 N–H and O–H groups in total. The van der Waals surface area contributed by atoms with Crippen molar-refractivity contribution in [3.63, 3.8) is 0 Å². The first-order chi connectivity index (χ1) is 27.9. The van der Waals surface area contributed by atoms with E-state index in [1.165, 1.54) is 122 Å². The zero-order valence-corrected chi connectivity index (χ0v) is 39.0. The molecule has 11 nitrogen and oxygen atoms in total. The van der Waals surface area contributed by atoms with Crippen LogP contribution in [-0.4, -0.2) is 67.4 Å². The lowest BCUT2D eigenvalue weighted by molar-refractivity contribution is -0.161. The molecule has 0 aliphatic rings. The van der Waals surface area contributed by atoms with E-state index in [0.29, 0.717) is 25.9 Å². The van der Waals surface area contributed by atoms with Gasteiger partial charge in [0, 0.05) is 32.4 Å². The van der Waals surface area contributed by atoms with Crippen LogP contribution in [0.25, 0.3) is 0 Å². The van der Waals surface area contributed by atoms with Gasteiger partial charge < -0.3 is 24.4 Å². The van der Waals surface area contributed by atoms with Gasteiger partial charge in [-0.05, 0) is 46.5 Å². The predicted octanol–water partition coefficient (Wildman–Crippen LogP) is 12.6. The zero-order valence-electron chi connectivity index (χ0n) is 38.1. The van der Waals surface area contributed by atoms with Gasteiger partial charge >= 0.3 is 19.8 Å². The van der Waals surface area contributed by atoms with Crippen LogP contribution in [0.15, 0.2) is 0 Å². The molecule has 0 radical (unpaired) electrons. The monoisotopic (exact) mass is 848 g/mol. The number of rotatable bonds is 43. The molecule has 58 heavy (non-hydrogen) atoms. The largest absolute Gasteiger partial charge is 0.472 e. The topological polar surface area (TPSA) is 147 Å². The fourth-order valence-electron chi connectivity index (χ4n) is 6.61. The summed E-state index contributed by atoms with van der Waals surface area (Å²) < 4.78 is 39.4. The minimum atomic E-state index is -4.54. The van der Waals surface area contributed by atoms with Gasteiger partial charge in [0.25, 0.3) is 0 Å². The van der Waals surface area contributed by atoms with Crippen LogP contribution >= 0.6 is 7.82 Å². The van der Waals surface area contributed by atoms with Crippen LogP contribution < -0.4 is 5.32 Å². The molecule has 0 heterocycles. The van der Waals surface area contributed by atoms with Gasteiger partial charge in [-0.25, -0.2) is 4.57 Å². The Hall–Kier alpha value is -1.52. The highest BCUT2D eigenvalue weighted by Crippen LogP contribution is 2.43. The van der Waals surface area contributed by atoms with E-state index in [-0.39, 0.29) is 44.1 Å². The van der Waals surface area contributed by atoms with Crippen molar-refractivity contribution in [3.8, 4) is 0 Å². The number of carbonyl (C=O) groups excluding carboxylic acids is 3. The van der Waals surface area contributed by atoms with Gasteiger partial charge in [-0.2, -0.15) is 0 Å². The van der Waals surface area contributed by atoms with Gasteiger partial charge in [-0.3, -0.25) is 23.4 Å². The first-order valence-electron chi connectivity index (χ1n) is 23.8. The number of carbonyl (C=O) groups is 3. The Bertz CT molecular complexity index is 1020. The molecule has 2 atom stereocenters. The Morgan fingerprint density at radius 2 is 0.948 bits per heavy atom. The van der Waals surface area contributed by atoms with Gasteiger partial charge in [0.15, 0.2) is 6.10 Å². The standard InChI is InChI=1S/C46H90NO10P/c1-6-8-10-12-14-16-18-20-22-24-26-28-30-35-44(49)53-40-42(57-45(50)36-31-29-27-25-23-21-19-17-15-13-11-9-7-2)41-56-58(51,52)55-39-37-47-43(48)34-32-33-38-54-46(3,4)5/h42H,6-41H2,1-5H3,(H,47,48)(H,51,52). The SMILES string of the molecule is CCCCCCCCCCCCCCCC(=O)OCC(COP(=O)(O)OCCNC(=O)CCCCOC(C)(C)C)OC(=O)CCCCCCCCCCCCCCC. The minimum absolute atomic E-state index is 0.0274. The number of hydrogen-bond acceptors (Lipinski definition) is 9. The van der Waals surface area contributed by atoms with Crippen LogP contribution in [-0.2, 0) is 42.2 Å². The van der Waals surface area contributed by atoms with E-state index in [9.17, 15) is 23.8 Å². The molecule has 0 aliphatic carbocycles. The molecule has 0 spiro atoms. The van der Waals surface area contributed by atoms with Crippen LogP contribution in [0.1, 0.15) is 234 Å². The number of nitrogens with one attached hydrogen (secondary N) is 1. The summed E-state index contributed by atoms with van der Waals surface area (Å²) in [5.41, 5.74) is -0.219. The highest BCUT2D eigenvalue weighted by Gasteiger charge is 2.26. The summed E-state index contributed by atoms with van der Waals surface area (Å²) in [7, 11) is -4.54. The van der Waals surface area contributed by atoms with Crippen LogP contribution in [0.4, 0.5) is 0 Å². The molecular weight excluding hydrogens is 757 g/mol. The highest BCUT2D eigenvalue weighted by atomic mass is 31.2. The van der Waals surface area contributed by atoms with Gasteiger partial charge in [0.1, 0.15) is 6.61 Å². The van der Waals surface area contributed by atoms with E-state index in [2.05, 4.69) is 19.2 Å². The molecule has 12 heteroatoms. The first-order valence-corrected chi connectivity index (χ1v) is 25.3. The number of unbranched alkanes of at least 4 members (excludes halogenated alkanes) is 25. The van der Waals surface area contributed by atoms with Crippen molar-refractivity contribution in [2.45, 2.75) is 245 Å². The number of phosphoric ester groups is 1. The normalized spacial score (nSPS) is 13.3. The molecule has 0 bridgehead atoms. The Balaban J connectivity index is 4.54. The Morgan fingerprint density at radius 3 is 1.40 bits per heavy atom. The van der Waals surface area contributed by atoms with Crippen molar-refractivity contribution in [1.29, 1.82) is 0 Å². The first kappa shape index (κ1) is 56.5. The number of amides is 1. The second-order valence-corrected chi connectivity index (χ2v) is 18.6. The molecule has 0 saturated heterocycles. The van der Waals surface area contributed by atoms with E-state index in [0.717, 1.165) is 44.9 Å². The van der Waals surface area contributed by atoms with Crippen molar-refractivity contribution < 1.29 is 47.1 Å². The molecule has 0 saturated carbocycles. The predicted molar refractivity (Wildman–Crippen MR) is 236 cm³/mol. The van der Waals surface area contributed by atoms with E-state index < -0.39 is 32.5 Å². The van der Waals surface area contributed by atoms with Crippen molar-refractivity contribution >= 4 is 25.7 Å². The van der Waals surface area contributed by atoms with Gasteiger partial charge in [0.05, 0.1) is 18.8 Å². The molecule has 0 fully saturated rings. The summed E-state index contributed by atoms with van der Waals surface area (Å²) in [6, 6.07) is 0. The van der Waals surface area contributed by atoms with Crippen molar-refractivity contribution in [2.75, 3.05) is 33.0 Å². The van der Waals surface area contributed by atoms with Crippen molar-refractivity contribution in [3.05, 3.63) is 0 Å². The summed E-state index contributed by atoms with van der Waals surface area (Å²) in [6.45, 7) is 10.0. The molecule has 344 valence electrons. The molecule has 2 unspecified atom stereocenters. The fourth-order valence-corrected chi connectivity index (χ4v) is 7.36. The average molecular weight is 848 g/mol. The molecule has 0 rings (SSSR count). The second-order valence-electron chi connectivity index (χ2n) is 17.1. The maximum Gasteiger partial charge on any atom is 0.472 e. The Morgan fingerprint density at radius 1 is 0.534 bits per heavy atom. The van der Waals surface area contributed by atoms with E-state index in [1.807, 2.05) is 20.8 Å². The average Bonchev–Trinajstić information content (AvgIpc) is 3.17. The van der Waals surface area contributed by atoms with Gasteiger partial charge in [0.2, 0.25) is 5.91 Å². The number of ether oxygens (including phenoxy) is 3. The Kier molecular flexibility index (Phi) is 38.6. The van der Waals surface area contributed by atoms with Crippen LogP contribution in [0.3, 0.4) is 0 Å². The molecule has 0 aromatic carbocycles. The van der Waals surface area contributed by atoms with Crippen LogP contribution in [0.5, 0.6) is 0 Å². The van der Waals surface area contributed by atoms with Crippen molar-refractivity contribution in [2.24, 2.45) is 0 Å². The van der Waals surface area contributed by atoms with Gasteiger partial charge in [-0.15, -0.1) is 0 Å². The quantitative estimate of drug-likeness (QED) is 0.0345. The lowest BCUT2D eigenvalue weighted by Gasteiger charge is -2.20. The van der Waals surface area contributed by atoms with E-state index in [4.69, 9.17) is 23.3 Å².